The molecular weight excluding hydrogens is 124 g/mol. The molecule has 2 heteroatoms. The van der Waals surface area contributed by atoms with Gasteiger partial charge >= 0.3 is 0 Å². The molecule has 0 saturated heterocycles. The highest BCUT2D eigenvalue weighted by Crippen LogP contribution is 1.86. The van der Waals surface area contributed by atoms with Crippen molar-refractivity contribution in [1.82, 2.24) is 4.90 Å². The van der Waals surface area contributed by atoms with Crippen molar-refractivity contribution in [2.75, 3.05) is 13.6 Å². The fourth-order valence-electron chi connectivity index (χ4n) is 0.510. The van der Waals surface area contributed by atoms with Crippen LogP contribution in [0.5, 0.6) is 0 Å². The molecule has 0 N–H and O–H groups in total. The molecule has 0 aliphatic rings. The first-order valence-electron chi connectivity index (χ1n) is 3.59. The van der Waals surface area contributed by atoms with E-state index < -0.39 is 0 Å². The van der Waals surface area contributed by atoms with Gasteiger partial charge in [-0.2, -0.15) is 0 Å². The van der Waals surface area contributed by atoms with E-state index in [1.807, 2.05) is 33.2 Å². The third-order valence-corrected chi connectivity index (χ3v) is 1.44. The summed E-state index contributed by atoms with van der Waals surface area (Å²) in [5, 5.41) is 0. The van der Waals surface area contributed by atoms with Crippen molar-refractivity contribution in [2.24, 2.45) is 4.99 Å². The Balaban J connectivity index is 3.91. The Morgan fingerprint density at radius 3 is 2.60 bits per heavy atom. The van der Waals surface area contributed by atoms with E-state index in [1.165, 1.54) is 0 Å². The lowest BCUT2D eigenvalue weighted by molar-refractivity contribution is 0.532. The van der Waals surface area contributed by atoms with Gasteiger partial charge in [0.15, 0.2) is 0 Å². The molecule has 0 saturated carbocycles. The van der Waals surface area contributed by atoms with Gasteiger partial charge in [0, 0.05) is 19.8 Å². The second-order valence-electron chi connectivity index (χ2n) is 2.17. The molecule has 58 valence electrons. The molecule has 0 aliphatic heterocycles. The number of nitrogens with zero attached hydrogens (tertiary/aromatic N) is 2. The van der Waals surface area contributed by atoms with E-state index in [4.69, 9.17) is 0 Å². The van der Waals surface area contributed by atoms with E-state index in [9.17, 15) is 0 Å². The van der Waals surface area contributed by atoms with Gasteiger partial charge < -0.3 is 4.90 Å². The summed E-state index contributed by atoms with van der Waals surface area (Å²) in [4.78, 5) is 6.27. The minimum Gasteiger partial charge on any atom is -0.364 e. The van der Waals surface area contributed by atoms with Gasteiger partial charge in [-0.25, -0.2) is 4.99 Å². The zero-order valence-corrected chi connectivity index (χ0v) is 7.26. The molecule has 0 heterocycles. The Kier molecular flexibility index (Phi) is 4.63. The van der Waals surface area contributed by atoms with Gasteiger partial charge in [-0.3, -0.25) is 0 Å². The summed E-state index contributed by atoms with van der Waals surface area (Å²) in [5.41, 5.74) is 0. The zero-order valence-electron chi connectivity index (χ0n) is 7.26. The quantitative estimate of drug-likeness (QED) is 0.422. The first kappa shape index (κ1) is 9.21. The molecular formula is C8H16N2. The van der Waals surface area contributed by atoms with Gasteiger partial charge in [0.05, 0.1) is 0 Å². The summed E-state index contributed by atoms with van der Waals surface area (Å²) in [6, 6.07) is 0. The van der Waals surface area contributed by atoms with E-state index in [-0.39, 0.29) is 0 Å². The lowest BCUT2D eigenvalue weighted by Crippen LogP contribution is -2.23. The van der Waals surface area contributed by atoms with Crippen LogP contribution in [0.1, 0.15) is 20.8 Å². The third-order valence-electron chi connectivity index (χ3n) is 1.44. The molecule has 0 rings (SSSR count). The van der Waals surface area contributed by atoms with Crippen LogP contribution in [0.4, 0.5) is 0 Å². The third kappa shape index (κ3) is 3.28. The van der Waals surface area contributed by atoms with Crippen LogP contribution >= 0.6 is 0 Å². The maximum atomic E-state index is 4.18. The van der Waals surface area contributed by atoms with Crippen LogP contribution < -0.4 is 0 Å². The van der Waals surface area contributed by atoms with Crippen LogP contribution in [0.2, 0.25) is 0 Å². The zero-order chi connectivity index (χ0) is 7.98. The fraction of sp³-hybridized carbons (Fsp3) is 0.625. The van der Waals surface area contributed by atoms with Gasteiger partial charge in [-0.15, -0.1) is 0 Å². The molecule has 0 spiro atoms. The van der Waals surface area contributed by atoms with Crippen LogP contribution in [-0.4, -0.2) is 24.3 Å². The second-order valence-corrected chi connectivity index (χ2v) is 2.17. The maximum Gasteiger partial charge on any atom is 0.101 e. The van der Waals surface area contributed by atoms with Crippen LogP contribution in [0.15, 0.2) is 17.3 Å². The van der Waals surface area contributed by atoms with E-state index in [1.54, 1.807) is 0 Å². The first-order valence-corrected chi connectivity index (χ1v) is 3.59. The lowest BCUT2D eigenvalue weighted by Gasteiger charge is -2.14. The molecule has 10 heavy (non-hydrogen) atoms. The van der Waals surface area contributed by atoms with Crippen molar-refractivity contribution in [2.45, 2.75) is 20.8 Å². The fourth-order valence-corrected chi connectivity index (χ4v) is 0.510. The minimum atomic E-state index is 1.01. The van der Waals surface area contributed by atoms with Gasteiger partial charge in [0.25, 0.3) is 0 Å². The maximum absolute atomic E-state index is 4.18. The highest BCUT2D eigenvalue weighted by atomic mass is 15.1. The summed E-state index contributed by atoms with van der Waals surface area (Å²) in [6.45, 7) is 7.08. The number of rotatable bonds is 2. The number of hydrogen-bond acceptors (Lipinski definition) is 1. The first-order chi connectivity index (χ1) is 4.72. The summed E-state index contributed by atoms with van der Waals surface area (Å²) >= 11 is 0. The van der Waals surface area contributed by atoms with Crippen LogP contribution in [0.3, 0.4) is 0 Å². The Morgan fingerprint density at radius 2 is 2.20 bits per heavy atom. The molecule has 0 aliphatic carbocycles. The summed E-state index contributed by atoms with van der Waals surface area (Å²) in [7, 11) is 2.03. The van der Waals surface area contributed by atoms with Crippen LogP contribution in [0.25, 0.3) is 0 Å². The number of aliphatic imine (C=N–C) groups is 1. The highest BCUT2D eigenvalue weighted by Gasteiger charge is 1.92. The number of allylic oxidation sites excluding steroid dienone is 1. The minimum absolute atomic E-state index is 1.01. The van der Waals surface area contributed by atoms with E-state index >= 15 is 0 Å². The summed E-state index contributed by atoms with van der Waals surface area (Å²) < 4.78 is 0. The predicted octanol–water partition coefficient (Wildman–Crippen LogP) is 1.89. The molecule has 0 radical (unpaired) electrons. The van der Waals surface area contributed by atoms with Crippen molar-refractivity contribution < 1.29 is 0 Å². The Bertz CT molecular complexity index is 136. The van der Waals surface area contributed by atoms with Gasteiger partial charge in [-0.1, -0.05) is 6.08 Å². The van der Waals surface area contributed by atoms with E-state index in [2.05, 4.69) is 16.8 Å². The standard InChI is InChI=1S/C8H16N2/c1-5-7-9-8(3)10(4)6-2/h5,7H,6H2,1-4H3/b7-5-,9-8?. The second kappa shape index (κ2) is 5.03. The van der Waals surface area contributed by atoms with Crippen molar-refractivity contribution in [3.8, 4) is 0 Å². The molecule has 0 aromatic carbocycles. The molecule has 0 atom stereocenters. The summed E-state index contributed by atoms with van der Waals surface area (Å²) in [6.07, 6.45) is 3.73. The lowest BCUT2D eigenvalue weighted by atomic mass is 10.5. The average molecular weight is 140 g/mol. The Hall–Kier alpha value is -0.790. The van der Waals surface area contributed by atoms with Gasteiger partial charge in [0.1, 0.15) is 5.84 Å². The topological polar surface area (TPSA) is 15.6 Å². The largest absolute Gasteiger partial charge is 0.364 e. The van der Waals surface area contributed by atoms with Gasteiger partial charge in [0.2, 0.25) is 0 Å². The van der Waals surface area contributed by atoms with E-state index in [0.717, 1.165) is 12.4 Å². The van der Waals surface area contributed by atoms with Crippen molar-refractivity contribution in [3.63, 3.8) is 0 Å². The molecule has 0 fully saturated rings. The van der Waals surface area contributed by atoms with Crippen molar-refractivity contribution in [3.05, 3.63) is 12.3 Å². The van der Waals surface area contributed by atoms with Crippen molar-refractivity contribution >= 4 is 5.84 Å². The molecule has 0 unspecified atom stereocenters. The normalized spacial score (nSPS) is 12.6. The average Bonchev–Trinajstić information content (AvgIpc) is 1.98. The number of hydrogen-bond donors (Lipinski definition) is 0. The van der Waals surface area contributed by atoms with Crippen molar-refractivity contribution in [1.29, 1.82) is 0 Å². The molecule has 0 bridgehead atoms. The van der Waals surface area contributed by atoms with Gasteiger partial charge in [-0.05, 0) is 20.8 Å². The Labute approximate surface area is 63.3 Å². The van der Waals surface area contributed by atoms with Crippen LogP contribution in [-0.2, 0) is 0 Å². The monoisotopic (exact) mass is 140 g/mol. The predicted molar refractivity (Wildman–Crippen MR) is 46.2 cm³/mol. The smallest absolute Gasteiger partial charge is 0.101 e. The van der Waals surface area contributed by atoms with E-state index in [0.29, 0.717) is 0 Å². The SMILES string of the molecule is C/C=C\N=C(C)N(C)CC. The highest BCUT2D eigenvalue weighted by molar-refractivity contribution is 5.79. The molecule has 0 aromatic heterocycles. The summed E-state index contributed by atoms with van der Waals surface area (Å²) in [5.74, 6) is 1.06. The van der Waals surface area contributed by atoms with Crippen LogP contribution in [0, 0.1) is 0 Å². The molecule has 0 aromatic rings. The number of amidine groups is 1. The molecule has 0 amide bonds. The molecule has 2 nitrogen and oxygen atoms in total. The Morgan fingerprint density at radius 1 is 1.60 bits per heavy atom.